The fourth-order valence-electron chi connectivity index (χ4n) is 3.10. The van der Waals surface area contributed by atoms with Crippen molar-refractivity contribution in [2.45, 2.75) is 6.92 Å². The molecule has 23 heavy (non-hydrogen) atoms. The van der Waals surface area contributed by atoms with Crippen LogP contribution in [0.3, 0.4) is 0 Å². The van der Waals surface area contributed by atoms with Crippen molar-refractivity contribution in [1.82, 2.24) is 4.98 Å². The van der Waals surface area contributed by atoms with Crippen molar-refractivity contribution in [2.75, 3.05) is 0 Å². The van der Waals surface area contributed by atoms with Crippen LogP contribution in [0.5, 0.6) is 0 Å². The summed E-state index contributed by atoms with van der Waals surface area (Å²) in [5, 5.41) is 2.42. The Morgan fingerprint density at radius 2 is 1.39 bits per heavy atom. The lowest BCUT2D eigenvalue weighted by Gasteiger charge is -2.14. The van der Waals surface area contributed by atoms with Crippen LogP contribution in [0.4, 0.5) is 0 Å². The first-order chi connectivity index (χ1) is 11.3. The Balaban J connectivity index is 2.12. The highest BCUT2D eigenvalue weighted by Crippen LogP contribution is 2.37. The SMILES string of the molecule is Cc1ccccc1-c1c(-c2ccccc2)ncc2ccccc12. The van der Waals surface area contributed by atoms with Crippen LogP contribution in [0.25, 0.3) is 33.2 Å². The molecule has 0 aliphatic carbocycles. The van der Waals surface area contributed by atoms with Crippen LogP contribution in [0, 0.1) is 6.92 Å². The molecule has 110 valence electrons. The van der Waals surface area contributed by atoms with E-state index in [0.29, 0.717) is 0 Å². The zero-order chi connectivity index (χ0) is 15.6. The van der Waals surface area contributed by atoms with Crippen molar-refractivity contribution in [2.24, 2.45) is 0 Å². The maximum Gasteiger partial charge on any atom is 0.0786 e. The van der Waals surface area contributed by atoms with E-state index in [1.165, 1.54) is 27.5 Å². The zero-order valence-corrected chi connectivity index (χ0v) is 13.0. The monoisotopic (exact) mass is 295 g/mol. The molecule has 0 atom stereocenters. The predicted octanol–water partition coefficient (Wildman–Crippen LogP) is 5.88. The number of aryl methyl sites for hydroxylation is 1. The number of rotatable bonds is 2. The van der Waals surface area contributed by atoms with E-state index in [9.17, 15) is 0 Å². The van der Waals surface area contributed by atoms with Gasteiger partial charge < -0.3 is 0 Å². The fraction of sp³-hybridized carbons (Fsp3) is 0.0455. The topological polar surface area (TPSA) is 12.9 Å². The normalized spacial score (nSPS) is 10.8. The molecule has 0 fully saturated rings. The van der Waals surface area contributed by atoms with Crippen molar-refractivity contribution in [1.29, 1.82) is 0 Å². The number of hydrogen-bond donors (Lipinski definition) is 0. The van der Waals surface area contributed by atoms with Crippen LogP contribution >= 0.6 is 0 Å². The molecular weight excluding hydrogens is 278 g/mol. The summed E-state index contributed by atoms with van der Waals surface area (Å²) < 4.78 is 0. The molecule has 1 heterocycles. The third-order valence-electron chi connectivity index (χ3n) is 4.26. The lowest BCUT2D eigenvalue weighted by atomic mass is 9.92. The van der Waals surface area contributed by atoms with Crippen molar-refractivity contribution in [3.8, 4) is 22.4 Å². The van der Waals surface area contributed by atoms with Gasteiger partial charge in [0.1, 0.15) is 0 Å². The molecule has 0 spiro atoms. The van der Waals surface area contributed by atoms with E-state index in [1.54, 1.807) is 0 Å². The molecule has 0 radical (unpaired) electrons. The molecule has 0 saturated heterocycles. The minimum absolute atomic E-state index is 1.04. The summed E-state index contributed by atoms with van der Waals surface area (Å²) in [7, 11) is 0. The summed E-state index contributed by atoms with van der Waals surface area (Å²) in [6.07, 6.45) is 1.97. The minimum Gasteiger partial charge on any atom is -0.255 e. The van der Waals surface area contributed by atoms with Gasteiger partial charge >= 0.3 is 0 Å². The second-order valence-electron chi connectivity index (χ2n) is 5.75. The molecule has 0 bridgehead atoms. The van der Waals surface area contributed by atoms with Gasteiger partial charge in [-0.1, -0.05) is 78.9 Å². The van der Waals surface area contributed by atoms with E-state index in [4.69, 9.17) is 4.98 Å². The van der Waals surface area contributed by atoms with Crippen LogP contribution in [-0.2, 0) is 0 Å². The molecule has 0 N–H and O–H groups in total. The van der Waals surface area contributed by atoms with E-state index in [-0.39, 0.29) is 0 Å². The third kappa shape index (κ3) is 2.40. The molecule has 0 saturated carbocycles. The van der Waals surface area contributed by atoms with Gasteiger partial charge in [0, 0.05) is 22.7 Å². The molecule has 4 rings (SSSR count). The Morgan fingerprint density at radius 1 is 0.696 bits per heavy atom. The first-order valence-electron chi connectivity index (χ1n) is 7.84. The second kappa shape index (κ2) is 5.69. The second-order valence-corrected chi connectivity index (χ2v) is 5.75. The highest BCUT2D eigenvalue weighted by atomic mass is 14.7. The molecule has 0 aliphatic rings. The van der Waals surface area contributed by atoms with E-state index < -0.39 is 0 Å². The van der Waals surface area contributed by atoms with E-state index in [0.717, 1.165) is 11.3 Å². The highest BCUT2D eigenvalue weighted by Gasteiger charge is 2.14. The van der Waals surface area contributed by atoms with Crippen molar-refractivity contribution in [3.63, 3.8) is 0 Å². The molecular formula is C22H17N. The summed E-state index contributed by atoms with van der Waals surface area (Å²) in [5.41, 5.74) is 5.92. The van der Waals surface area contributed by atoms with Crippen LogP contribution in [0.15, 0.2) is 85.1 Å². The van der Waals surface area contributed by atoms with Gasteiger partial charge in [0.2, 0.25) is 0 Å². The zero-order valence-electron chi connectivity index (χ0n) is 13.0. The number of hydrogen-bond acceptors (Lipinski definition) is 1. The van der Waals surface area contributed by atoms with Crippen molar-refractivity contribution in [3.05, 3.63) is 90.6 Å². The minimum atomic E-state index is 1.04. The van der Waals surface area contributed by atoms with Crippen LogP contribution < -0.4 is 0 Å². The third-order valence-corrected chi connectivity index (χ3v) is 4.26. The Labute approximate surface area is 136 Å². The van der Waals surface area contributed by atoms with Gasteiger partial charge in [-0.05, 0) is 23.4 Å². The van der Waals surface area contributed by atoms with Gasteiger partial charge in [0.05, 0.1) is 5.69 Å². The average Bonchev–Trinajstić information content (AvgIpc) is 2.62. The van der Waals surface area contributed by atoms with E-state index in [1.807, 2.05) is 12.3 Å². The van der Waals surface area contributed by atoms with E-state index >= 15 is 0 Å². The predicted molar refractivity (Wildman–Crippen MR) is 97.4 cm³/mol. The van der Waals surface area contributed by atoms with Gasteiger partial charge in [-0.2, -0.15) is 0 Å². The number of nitrogens with zero attached hydrogens (tertiary/aromatic N) is 1. The highest BCUT2D eigenvalue weighted by molar-refractivity contribution is 6.02. The summed E-state index contributed by atoms with van der Waals surface area (Å²) in [6, 6.07) is 27.4. The molecule has 0 unspecified atom stereocenters. The average molecular weight is 295 g/mol. The Morgan fingerprint density at radius 3 is 2.22 bits per heavy atom. The number of fused-ring (bicyclic) bond motifs is 1. The maximum absolute atomic E-state index is 4.79. The summed E-state index contributed by atoms with van der Waals surface area (Å²) in [6.45, 7) is 2.16. The van der Waals surface area contributed by atoms with Crippen molar-refractivity contribution < 1.29 is 0 Å². The van der Waals surface area contributed by atoms with Crippen LogP contribution in [0.1, 0.15) is 5.56 Å². The Bertz CT molecular complexity index is 971. The smallest absolute Gasteiger partial charge is 0.0786 e. The number of benzene rings is 3. The van der Waals surface area contributed by atoms with Crippen molar-refractivity contribution >= 4 is 10.8 Å². The van der Waals surface area contributed by atoms with Gasteiger partial charge in [0.15, 0.2) is 0 Å². The maximum atomic E-state index is 4.79. The summed E-state index contributed by atoms with van der Waals surface area (Å²) >= 11 is 0. The molecule has 0 amide bonds. The molecule has 1 aromatic heterocycles. The molecule has 4 aromatic rings. The Hall–Kier alpha value is -2.93. The standard InChI is InChI=1S/C22H17N/c1-16-9-5-7-13-19(16)21-20-14-8-6-12-18(20)15-23-22(21)17-10-3-2-4-11-17/h2-15H,1H3. The first kappa shape index (κ1) is 13.7. The quantitative estimate of drug-likeness (QED) is 0.450. The van der Waals surface area contributed by atoms with Gasteiger partial charge in [-0.15, -0.1) is 0 Å². The van der Waals surface area contributed by atoms with Gasteiger partial charge in [0.25, 0.3) is 0 Å². The molecule has 1 nitrogen and oxygen atoms in total. The summed E-state index contributed by atoms with van der Waals surface area (Å²) in [4.78, 5) is 4.79. The number of aromatic nitrogens is 1. The lowest BCUT2D eigenvalue weighted by Crippen LogP contribution is -1.93. The van der Waals surface area contributed by atoms with Crippen LogP contribution in [-0.4, -0.2) is 4.98 Å². The Kier molecular flexibility index (Phi) is 3.39. The fourth-order valence-corrected chi connectivity index (χ4v) is 3.10. The van der Waals surface area contributed by atoms with E-state index in [2.05, 4.69) is 79.7 Å². The lowest BCUT2D eigenvalue weighted by molar-refractivity contribution is 1.34. The largest absolute Gasteiger partial charge is 0.255 e. The molecule has 3 aromatic carbocycles. The van der Waals surface area contributed by atoms with Gasteiger partial charge in [-0.3, -0.25) is 4.98 Å². The molecule has 0 aliphatic heterocycles. The first-order valence-corrected chi connectivity index (χ1v) is 7.84. The number of pyridine rings is 1. The van der Waals surface area contributed by atoms with Crippen LogP contribution in [0.2, 0.25) is 0 Å². The van der Waals surface area contributed by atoms with Gasteiger partial charge in [-0.25, -0.2) is 0 Å². The molecule has 1 heteroatoms. The summed E-state index contributed by atoms with van der Waals surface area (Å²) in [5.74, 6) is 0.